The van der Waals surface area contributed by atoms with Crippen LogP contribution < -0.4 is 5.32 Å². The summed E-state index contributed by atoms with van der Waals surface area (Å²) in [4.78, 5) is 13.1. The van der Waals surface area contributed by atoms with E-state index in [-0.39, 0.29) is 10.8 Å². The van der Waals surface area contributed by atoms with E-state index in [0.717, 1.165) is 36.8 Å². The van der Waals surface area contributed by atoms with Crippen LogP contribution in [0.5, 0.6) is 0 Å². The van der Waals surface area contributed by atoms with Crippen molar-refractivity contribution >= 4 is 33.4 Å². The summed E-state index contributed by atoms with van der Waals surface area (Å²) in [6.07, 6.45) is 4.29. The highest BCUT2D eigenvalue weighted by Gasteiger charge is 2.28. The zero-order chi connectivity index (χ0) is 22.7. The highest BCUT2D eigenvalue weighted by atomic mass is 32.2. The molecule has 0 spiro atoms. The van der Waals surface area contributed by atoms with Gasteiger partial charge in [-0.05, 0) is 44.4 Å². The number of benzene rings is 1. The number of sulfonamides is 1. The molecule has 0 aliphatic carbocycles. The topological polar surface area (TPSA) is 106 Å². The Hall–Kier alpha value is -1.95. The molecule has 1 aromatic carbocycles. The predicted molar refractivity (Wildman–Crippen MR) is 122 cm³/mol. The van der Waals surface area contributed by atoms with Crippen molar-refractivity contribution in [3.63, 3.8) is 0 Å². The van der Waals surface area contributed by atoms with Crippen molar-refractivity contribution in [3.05, 3.63) is 29.6 Å². The van der Waals surface area contributed by atoms with E-state index in [1.807, 2.05) is 6.92 Å². The molecule has 32 heavy (non-hydrogen) atoms. The monoisotopic (exact) mass is 479 g/mol. The van der Waals surface area contributed by atoms with Crippen LogP contribution in [0, 0.1) is 6.92 Å². The minimum Gasteiger partial charge on any atom is -0.379 e. The minimum absolute atomic E-state index is 0.209. The molecule has 4 rings (SSSR count). The van der Waals surface area contributed by atoms with Gasteiger partial charge in [-0.2, -0.15) is 4.31 Å². The maximum Gasteiger partial charge on any atom is 0.243 e. The first-order valence-electron chi connectivity index (χ1n) is 10.9. The summed E-state index contributed by atoms with van der Waals surface area (Å²) in [5.41, 5.74) is 1.10. The molecule has 2 aliphatic rings. The van der Waals surface area contributed by atoms with Crippen LogP contribution in [0.2, 0.25) is 0 Å². The molecular formula is C21H29N5O4S2. The molecule has 1 fully saturated rings. The first kappa shape index (κ1) is 23.2. The number of amides is 1. The van der Waals surface area contributed by atoms with Crippen LogP contribution in [-0.2, 0) is 32.5 Å². The molecule has 2 aromatic rings. The smallest absolute Gasteiger partial charge is 0.243 e. The van der Waals surface area contributed by atoms with E-state index in [2.05, 4.69) is 20.1 Å². The van der Waals surface area contributed by atoms with Crippen LogP contribution >= 0.6 is 11.8 Å². The maximum absolute atomic E-state index is 13.1. The van der Waals surface area contributed by atoms with E-state index in [4.69, 9.17) is 4.74 Å². The normalized spacial score (nSPS) is 18.6. The van der Waals surface area contributed by atoms with Crippen LogP contribution in [-0.4, -0.2) is 64.9 Å². The van der Waals surface area contributed by atoms with Crippen LogP contribution in [0.1, 0.15) is 37.6 Å². The average molecular weight is 480 g/mol. The molecule has 1 atom stereocenters. The Bertz CT molecular complexity index is 1080. The molecule has 174 valence electrons. The van der Waals surface area contributed by atoms with E-state index in [1.165, 1.54) is 22.5 Å². The fraction of sp³-hybridized carbons (Fsp3) is 0.571. The zero-order valence-electron chi connectivity index (χ0n) is 18.4. The molecule has 3 heterocycles. The molecule has 0 saturated carbocycles. The van der Waals surface area contributed by atoms with Gasteiger partial charge in [-0.25, -0.2) is 8.42 Å². The van der Waals surface area contributed by atoms with E-state index in [9.17, 15) is 13.2 Å². The quantitative estimate of drug-likeness (QED) is 0.634. The van der Waals surface area contributed by atoms with Crippen molar-refractivity contribution in [1.29, 1.82) is 0 Å². The summed E-state index contributed by atoms with van der Waals surface area (Å²) in [7, 11) is -3.65. The molecule has 1 aromatic heterocycles. The third-order valence-electron chi connectivity index (χ3n) is 5.77. The zero-order valence-corrected chi connectivity index (χ0v) is 20.0. The first-order valence-corrected chi connectivity index (χ1v) is 13.3. The van der Waals surface area contributed by atoms with Crippen LogP contribution in [0.4, 0.5) is 5.69 Å². The largest absolute Gasteiger partial charge is 0.379 e. The maximum atomic E-state index is 13.1. The fourth-order valence-electron chi connectivity index (χ4n) is 3.88. The van der Waals surface area contributed by atoms with Crippen molar-refractivity contribution in [2.45, 2.75) is 61.4 Å². The van der Waals surface area contributed by atoms with Crippen molar-refractivity contribution in [2.24, 2.45) is 0 Å². The number of nitrogens with one attached hydrogen (secondary N) is 1. The Morgan fingerprint density at radius 1 is 1.16 bits per heavy atom. The summed E-state index contributed by atoms with van der Waals surface area (Å²) in [5, 5.41) is 11.8. The predicted octanol–water partition coefficient (Wildman–Crippen LogP) is 2.45. The van der Waals surface area contributed by atoms with E-state index >= 15 is 0 Å². The second-order valence-electron chi connectivity index (χ2n) is 8.11. The standard InChI is InChI=1S/C21H29N5O4S2/c1-15-7-8-17(14-18(15)32(28,29)25-10-12-30-13-11-25)22-20(27)16(2)31-21-24-23-19-6-4-3-5-9-26(19)21/h7-8,14,16H,3-6,9-13H2,1-2H3,(H,22,27)/t16-/m1/s1. The molecule has 2 aliphatic heterocycles. The van der Waals surface area contributed by atoms with E-state index in [1.54, 1.807) is 25.1 Å². The molecular weight excluding hydrogens is 450 g/mol. The Morgan fingerprint density at radius 3 is 2.72 bits per heavy atom. The number of rotatable bonds is 6. The number of thioether (sulfide) groups is 1. The third-order valence-corrected chi connectivity index (χ3v) is 8.89. The van der Waals surface area contributed by atoms with Gasteiger partial charge in [-0.3, -0.25) is 4.79 Å². The molecule has 11 heteroatoms. The summed E-state index contributed by atoms with van der Waals surface area (Å²) < 4.78 is 35.0. The number of ether oxygens (including phenoxy) is 1. The SMILES string of the molecule is Cc1ccc(NC(=O)[C@@H](C)Sc2nnc3n2CCCCC3)cc1S(=O)(=O)N1CCOCC1. The highest BCUT2D eigenvalue weighted by Crippen LogP contribution is 2.28. The Kier molecular flexibility index (Phi) is 7.18. The average Bonchev–Trinajstić information content (AvgIpc) is 3.01. The number of carbonyl (C=O) groups is 1. The van der Waals surface area contributed by atoms with Crippen molar-refractivity contribution in [2.75, 3.05) is 31.6 Å². The fourth-order valence-corrected chi connectivity index (χ4v) is 6.44. The van der Waals surface area contributed by atoms with Gasteiger partial charge in [0.1, 0.15) is 5.82 Å². The number of morpholine rings is 1. The van der Waals surface area contributed by atoms with E-state index in [0.29, 0.717) is 37.6 Å². The third kappa shape index (κ3) is 5.00. The van der Waals surface area contributed by atoms with Gasteiger partial charge in [0.2, 0.25) is 15.9 Å². The second-order valence-corrected chi connectivity index (χ2v) is 11.3. The summed E-state index contributed by atoms with van der Waals surface area (Å²) >= 11 is 1.37. The Labute approximate surface area is 193 Å². The number of hydrogen-bond acceptors (Lipinski definition) is 7. The molecule has 0 bridgehead atoms. The Morgan fingerprint density at radius 2 is 1.94 bits per heavy atom. The second kappa shape index (κ2) is 9.90. The van der Waals surface area contributed by atoms with Crippen LogP contribution in [0.25, 0.3) is 0 Å². The van der Waals surface area contributed by atoms with Gasteiger partial charge in [0.15, 0.2) is 5.16 Å². The molecule has 1 saturated heterocycles. The molecule has 9 nitrogen and oxygen atoms in total. The van der Waals surface area contributed by atoms with Crippen molar-refractivity contribution in [3.8, 4) is 0 Å². The summed E-state index contributed by atoms with van der Waals surface area (Å²) in [5.74, 6) is 0.772. The lowest BCUT2D eigenvalue weighted by Gasteiger charge is -2.27. The highest BCUT2D eigenvalue weighted by molar-refractivity contribution is 8.00. The van der Waals surface area contributed by atoms with Gasteiger partial charge >= 0.3 is 0 Å². The first-order chi connectivity index (χ1) is 15.4. The van der Waals surface area contributed by atoms with E-state index < -0.39 is 15.3 Å². The van der Waals surface area contributed by atoms with Gasteiger partial charge in [0.05, 0.1) is 23.4 Å². The molecule has 1 N–H and O–H groups in total. The van der Waals surface area contributed by atoms with Crippen molar-refractivity contribution < 1.29 is 17.9 Å². The number of carbonyl (C=O) groups excluding carboxylic acids is 1. The number of aromatic nitrogens is 3. The Balaban J connectivity index is 1.46. The number of hydrogen-bond donors (Lipinski definition) is 1. The number of fused-ring (bicyclic) bond motifs is 1. The molecule has 0 radical (unpaired) electrons. The van der Waals surface area contributed by atoms with Crippen LogP contribution in [0.15, 0.2) is 28.3 Å². The van der Waals surface area contributed by atoms with Gasteiger partial charge in [0, 0.05) is 31.7 Å². The number of nitrogens with zero attached hydrogens (tertiary/aromatic N) is 4. The lowest BCUT2D eigenvalue weighted by molar-refractivity contribution is -0.115. The molecule has 1 amide bonds. The van der Waals surface area contributed by atoms with Gasteiger partial charge in [-0.15, -0.1) is 10.2 Å². The van der Waals surface area contributed by atoms with Gasteiger partial charge in [0.25, 0.3) is 0 Å². The van der Waals surface area contributed by atoms with Gasteiger partial charge in [-0.1, -0.05) is 24.2 Å². The lowest BCUT2D eigenvalue weighted by Crippen LogP contribution is -2.40. The number of aryl methyl sites for hydroxylation is 2. The minimum atomic E-state index is -3.65. The summed E-state index contributed by atoms with van der Waals surface area (Å²) in [6, 6.07) is 4.99. The van der Waals surface area contributed by atoms with Gasteiger partial charge < -0.3 is 14.6 Å². The lowest BCUT2D eigenvalue weighted by atomic mass is 10.2. The summed E-state index contributed by atoms with van der Waals surface area (Å²) in [6.45, 7) is 5.88. The van der Waals surface area contributed by atoms with Crippen molar-refractivity contribution in [1.82, 2.24) is 19.1 Å². The van der Waals surface area contributed by atoms with Crippen LogP contribution in [0.3, 0.4) is 0 Å². The number of anilines is 1. The molecule has 0 unspecified atom stereocenters.